The zero-order chi connectivity index (χ0) is 15.1. The van der Waals surface area contributed by atoms with Gasteiger partial charge in [-0.2, -0.15) is 5.26 Å². The van der Waals surface area contributed by atoms with E-state index in [0.717, 1.165) is 0 Å². The van der Waals surface area contributed by atoms with E-state index in [1.807, 2.05) is 6.07 Å². The first-order valence-electron chi connectivity index (χ1n) is 5.53. The Labute approximate surface area is 132 Å². The first kappa shape index (κ1) is 13.9. The maximum atomic E-state index is 9.01. The Morgan fingerprint density at radius 2 is 2.05 bits per heavy atom. The summed E-state index contributed by atoms with van der Waals surface area (Å²) in [5, 5.41) is 16.8. The van der Waals surface area contributed by atoms with Gasteiger partial charge in [0.25, 0.3) is 0 Å². The maximum absolute atomic E-state index is 9.01. The Balaban J connectivity index is 2.42. The van der Waals surface area contributed by atoms with E-state index in [1.54, 1.807) is 6.07 Å². The van der Waals surface area contributed by atoms with E-state index >= 15 is 0 Å². The van der Waals surface area contributed by atoms with Crippen molar-refractivity contribution >= 4 is 51.7 Å². The topological polar surface area (TPSA) is 107 Å². The second kappa shape index (κ2) is 5.07. The molecule has 0 aliphatic rings. The minimum atomic E-state index is -0.0319. The van der Waals surface area contributed by atoms with Crippen LogP contribution >= 0.6 is 34.8 Å². The molecule has 21 heavy (non-hydrogen) atoms. The van der Waals surface area contributed by atoms with Crippen molar-refractivity contribution in [2.45, 2.75) is 6.54 Å². The van der Waals surface area contributed by atoms with Crippen LogP contribution in [0.3, 0.4) is 0 Å². The number of nitriles is 1. The fraction of sp³-hybridized carbons (Fsp3) is 0.0909. The summed E-state index contributed by atoms with van der Waals surface area (Å²) in [6.07, 6.45) is 0. The predicted octanol–water partition coefficient (Wildman–Crippen LogP) is 3.15. The highest BCUT2D eigenvalue weighted by atomic mass is 35.5. The number of fused-ring (bicyclic) bond motifs is 1. The smallest absolute Gasteiger partial charge is 0.199 e. The van der Waals surface area contributed by atoms with Gasteiger partial charge in [-0.3, -0.25) is 0 Å². The van der Waals surface area contributed by atoms with E-state index in [4.69, 9.17) is 45.8 Å². The highest BCUT2D eigenvalue weighted by Crippen LogP contribution is 2.38. The number of hydrogen-bond donors (Lipinski definition) is 1. The summed E-state index contributed by atoms with van der Waals surface area (Å²) in [5.41, 5.74) is 6.80. The van der Waals surface area contributed by atoms with E-state index in [1.165, 1.54) is 4.57 Å². The summed E-state index contributed by atoms with van der Waals surface area (Å²) in [6, 6.07) is 3.56. The molecule has 0 aliphatic carbocycles. The fourth-order valence-electron chi connectivity index (χ4n) is 1.95. The van der Waals surface area contributed by atoms with Gasteiger partial charge in [-0.05, 0) is 16.4 Å². The largest absolute Gasteiger partial charge is 0.379 e. The van der Waals surface area contributed by atoms with Gasteiger partial charge in [-0.25, -0.2) is 9.61 Å². The molecular weight excluding hydrogens is 339 g/mol. The van der Waals surface area contributed by atoms with E-state index < -0.39 is 0 Å². The predicted molar refractivity (Wildman–Crippen MR) is 78.1 cm³/mol. The molecule has 1 aromatic carbocycles. The van der Waals surface area contributed by atoms with Crippen LogP contribution in [0.2, 0.25) is 15.1 Å². The molecule has 0 saturated carbocycles. The molecule has 0 unspecified atom stereocenters. The number of nitrogen functional groups attached to an aromatic ring is 1. The first-order chi connectivity index (χ1) is 10.0. The number of halogens is 3. The second-order valence-electron chi connectivity index (χ2n) is 4.03. The monoisotopic (exact) mass is 342 g/mol. The van der Waals surface area contributed by atoms with Gasteiger partial charge in [0.2, 0.25) is 0 Å². The SMILES string of the molecule is N#CCn1c(-c2nonc2N)nc2cc(Cl)c(Cl)c(Cl)c21. The number of aromatic nitrogens is 4. The van der Waals surface area contributed by atoms with Gasteiger partial charge in [0.05, 0.1) is 32.2 Å². The third-order valence-electron chi connectivity index (χ3n) is 2.82. The van der Waals surface area contributed by atoms with E-state index in [2.05, 4.69) is 19.9 Å². The lowest BCUT2D eigenvalue weighted by Crippen LogP contribution is -2.01. The van der Waals surface area contributed by atoms with Crippen molar-refractivity contribution in [2.75, 3.05) is 5.73 Å². The van der Waals surface area contributed by atoms with E-state index in [-0.39, 0.29) is 33.1 Å². The van der Waals surface area contributed by atoms with Crippen LogP contribution in [0.5, 0.6) is 0 Å². The molecule has 0 aliphatic heterocycles. The molecule has 3 rings (SSSR count). The molecule has 7 nitrogen and oxygen atoms in total. The van der Waals surface area contributed by atoms with Gasteiger partial charge in [-0.1, -0.05) is 34.8 Å². The number of hydrogen-bond acceptors (Lipinski definition) is 6. The molecule has 106 valence electrons. The quantitative estimate of drug-likeness (QED) is 0.716. The number of imidazole rings is 1. The number of nitrogens with two attached hydrogens (primary N) is 1. The van der Waals surface area contributed by atoms with Crippen LogP contribution in [0.15, 0.2) is 10.7 Å². The number of nitrogens with zero attached hydrogens (tertiary/aromatic N) is 5. The molecule has 2 aromatic heterocycles. The lowest BCUT2D eigenvalue weighted by molar-refractivity contribution is 0.310. The summed E-state index contributed by atoms with van der Waals surface area (Å²) in [6.45, 7) is -0.0319. The third kappa shape index (κ3) is 2.08. The first-order valence-corrected chi connectivity index (χ1v) is 6.67. The molecule has 2 N–H and O–H groups in total. The molecule has 3 aromatic rings. The fourth-order valence-corrected chi connectivity index (χ4v) is 2.64. The van der Waals surface area contributed by atoms with Gasteiger partial charge in [-0.15, -0.1) is 0 Å². The van der Waals surface area contributed by atoms with E-state index in [9.17, 15) is 0 Å². The molecule has 10 heteroatoms. The molecule has 0 spiro atoms. The van der Waals surface area contributed by atoms with Crippen LogP contribution in [-0.2, 0) is 6.54 Å². The van der Waals surface area contributed by atoms with Crippen molar-refractivity contribution in [3.63, 3.8) is 0 Å². The highest BCUT2D eigenvalue weighted by Gasteiger charge is 2.22. The van der Waals surface area contributed by atoms with Crippen LogP contribution in [0.4, 0.5) is 5.82 Å². The second-order valence-corrected chi connectivity index (χ2v) is 5.19. The van der Waals surface area contributed by atoms with Gasteiger partial charge >= 0.3 is 0 Å². The Morgan fingerprint density at radius 3 is 2.67 bits per heavy atom. The number of anilines is 1. The minimum absolute atomic E-state index is 0.0319. The summed E-state index contributed by atoms with van der Waals surface area (Å²) in [5.74, 6) is 0.350. The van der Waals surface area contributed by atoms with Crippen molar-refractivity contribution in [1.82, 2.24) is 19.9 Å². The Kier molecular flexibility index (Phi) is 3.37. The summed E-state index contributed by atoms with van der Waals surface area (Å²) >= 11 is 18.2. The van der Waals surface area contributed by atoms with Gasteiger partial charge < -0.3 is 10.3 Å². The zero-order valence-electron chi connectivity index (χ0n) is 10.1. The standard InChI is InChI=1S/C11H5Cl3N6O/c12-4-3-5-9(7(14)6(4)13)20(2-1-15)11(17-5)8-10(16)19-21-18-8/h3H,2H2,(H2,16,19). The average Bonchev–Trinajstić information content (AvgIpc) is 3.01. The van der Waals surface area contributed by atoms with Gasteiger partial charge in [0, 0.05) is 0 Å². The molecule has 0 amide bonds. The normalized spacial score (nSPS) is 11.0. The third-order valence-corrected chi connectivity index (χ3v) is 4.07. The molecule has 0 atom stereocenters. The lowest BCUT2D eigenvalue weighted by Gasteiger charge is -2.05. The lowest BCUT2D eigenvalue weighted by atomic mass is 10.3. The Morgan fingerprint density at radius 1 is 1.29 bits per heavy atom. The van der Waals surface area contributed by atoms with Gasteiger partial charge in [0.15, 0.2) is 17.3 Å². The van der Waals surface area contributed by atoms with Crippen LogP contribution in [0, 0.1) is 11.3 Å². The van der Waals surface area contributed by atoms with Crippen LogP contribution in [-0.4, -0.2) is 19.9 Å². The molecule has 0 bridgehead atoms. The van der Waals surface area contributed by atoms with Crippen molar-refractivity contribution < 1.29 is 4.63 Å². The molecule has 0 fully saturated rings. The van der Waals surface area contributed by atoms with Crippen molar-refractivity contribution in [1.29, 1.82) is 5.26 Å². The average molecular weight is 344 g/mol. The van der Waals surface area contributed by atoms with Crippen LogP contribution < -0.4 is 5.73 Å². The highest BCUT2D eigenvalue weighted by molar-refractivity contribution is 6.50. The number of rotatable bonds is 2. The number of benzene rings is 1. The van der Waals surface area contributed by atoms with E-state index in [0.29, 0.717) is 16.9 Å². The zero-order valence-corrected chi connectivity index (χ0v) is 12.4. The van der Waals surface area contributed by atoms with Crippen molar-refractivity contribution in [3.05, 3.63) is 21.1 Å². The van der Waals surface area contributed by atoms with Crippen LogP contribution in [0.25, 0.3) is 22.6 Å². The summed E-state index contributed by atoms with van der Waals surface area (Å²) < 4.78 is 6.08. The van der Waals surface area contributed by atoms with Gasteiger partial charge in [0.1, 0.15) is 6.54 Å². The molecule has 2 heterocycles. The molecule has 0 saturated heterocycles. The Bertz CT molecular complexity index is 894. The van der Waals surface area contributed by atoms with Crippen molar-refractivity contribution in [2.24, 2.45) is 0 Å². The maximum Gasteiger partial charge on any atom is 0.199 e. The molecular formula is C11H5Cl3N6O. The molecule has 0 radical (unpaired) electrons. The summed E-state index contributed by atoms with van der Waals surface area (Å²) in [4.78, 5) is 4.34. The minimum Gasteiger partial charge on any atom is -0.379 e. The van der Waals surface area contributed by atoms with Crippen molar-refractivity contribution in [3.8, 4) is 17.6 Å². The summed E-state index contributed by atoms with van der Waals surface area (Å²) in [7, 11) is 0. The van der Waals surface area contributed by atoms with Crippen LogP contribution in [0.1, 0.15) is 0 Å². The Hall–Kier alpha value is -2.01.